The highest BCUT2D eigenvalue weighted by Crippen LogP contribution is 2.14. The van der Waals surface area contributed by atoms with Crippen LogP contribution in [-0.4, -0.2) is 17.1 Å². The highest BCUT2D eigenvalue weighted by molar-refractivity contribution is 5.88. The van der Waals surface area contributed by atoms with Crippen molar-refractivity contribution in [3.8, 4) is 0 Å². The lowest BCUT2D eigenvalue weighted by Crippen LogP contribution is -2.18. The molecule has 0 fully saturated rings. The lowest BCUT2D eigenvalue weighted by molar-refractivity contribution is -0.121. The fraction of sp³-hybridized carbons (Fsp3) is 0.607. The average molecular weight is 454 g/mol. The monoisotopic (exact) mass is 453 g/mol. The molecule has 0 aliphatic rings. The molecule has 1 aromatic carbocycles. The summed E-state index contributed by atoms with van der Waals surface area (Å²) in [6, 6.07) is 9.36. The van der Waals surface area contributed by atoms with Gasteiger partial charge in [-0.05, 0) is 23.9 Å². The van der Waals surface area contributed by atoms with Gasteiger partial charge in [0.25, 0.3) is 5.56 Å². The zero-order valence-corrected chi connectivity index (χ0v) is 20.5. The first-order valence-corrected chi connectivity index (χ1v) is 13.1. The number of aromatic nitrogens is 1. The van der Waals surface area contributed by atoms with E-state index >= 15 is 0 Å². The van der Waals surface area contributed by atoms with Crippen LogP contribution in [0.25, 0.3) is 10.9 Å². The van der Waals surface area contributed by atoms with Gasteiger partial charge in [0.05, 0.1) is 11.8 Å². The molecule has 2 aromatic rings. The second-order valence-electron chi connectivity index (χ2n) is 9.13. The van der Waals surface area contributed by atoms with Crippen molar-refractivity contribution in [2.45, 2.75) is 110 Å². The van der Waals surface area contributed by atoms with Gasteiger partial charge in [-0.2, -0.15) is 5.10 Å². The quantitative estimate of drug-likeness (QED) is 0.142. The molecule has 0 saturated heterocycles. The molecule has 0 unspecified atom stereocenters. The van der Waals surface area contributed by atoms with Crippen LogP contribution in [0.3, 0.4) is 0 Å². The largest absolute Gasteiger partial charge is 0.321 e. The van der Waals surface area contributed by atoms with Crippen LogP contribution in [-0.2, 0) is 4.79 Å². The van der Waals surface area contributed by atoms with E-state index in [0.29, 0.717) is 12.0 Å². The first-order chi connectivity index (χ1) is 16.2. The highest BCUT2D eigenvalue weighted by Gasteiger charge is 2.02. The molecular weight excluding hydrogens is 410 g/mol. The number of hydrogen-bond acceptors (Lipinski definition) is 3. The molecule has 5 heteroatoms. The van der Waals surface area contributed by atoms with Gasteiger partial charge in [-0.3, -0.25) is 9.59 Å². The number of benzene rings is 1. The van der Waals surface area contributed by atoms with E-state index < -0.39 is 0 Å². The maximum atomic E-state index is 12.1. The number of carbonyl (C=O) groups excluding carboxylic acids is 1. The molecule has 0 spiro atoms. The third kappa shape index (κ3) is 11.8. The molecule has 0 saturated carbocycles. The first-order valence-electron chi connectivity index (χ1n) is 13.1. The summed E-state index contributed by atoms with van der Waals surface area (Å²) in [5, 5.41) is 4.89. The molecule has 1 heterocycles. The van der Waals surface area contributed by atoms with Gasteiger partial charge >= 0.3 is 0 Å². The Labute approximate surface area is 199 Å². The van der Waals surface area contributed by atoms with E-state index in [4.69, 9.17) is 0 Å². The Kier molecular flexibility index (Phi) is 13.9. The van der Waals surface area contributed by atoms with Crippen molar-refractivity contribution in [1.29, 1.82) is 0 Å². The minimum Gasteiger partial charge on any atom is -0.321 e. The SMILES string of the molecule is CCCCCCCCCCCCCCCCCC(=O)NN=Cc1cc2ccccc2[nH]c1=O. The number of fused-ring (bicyclic) bond motifs is 1. The second-order valence-corrected chi connectivity index (χ2v) is 9.13. The topological polar surface area (TPSA) is 74.3 Å². The van der Waals surface area contributed by atoms with E-state index in [-0.39, 0.29) is 11.5 Å². The molecule has 0 aliphatic carbocycles. The summed E-state index contributed by atoms with van der Waals surface area (Å²) in [5.41, 5.74) is 3.54. The number of aromatic amines is 1. The Morgan fingerprint density at radius 3 is 2.00 bits per heavy atom. The van der Waals surface area contributed by atoms with Crippen LogP contribution >= 0.6 is 0 Å². The van der Waals surface area contributed by atoms with E-state index in [9.17, 15) is 9.59 Å². The highest BCUT2D eigenvalue weighted by atomic mass is 16.2. The van der Waals surface area contributed by atoms with E-state index in [1.807, 2.05) is 24.3 Å². The molecule has 33 heavy (non-hydrogen) atoms. The maximum absolute atomic E-state index is 12.1. The van der Waals surface area contributed by atoms with Crippen molar-refractivity contribution >= 4 is 23.0 Å². The number of nitrogens with zero attached hydrogens (tertiary/aromatic N) is 1. The van der Waals surface area contributed by atoms with Crippen molar-refractivity contribution in [3.05, 3.63) is 46.2 Å². The number of H-pyrrole nitrogens is 1. The van der Waals surface area contributed by atoms with Gasteiger partial charge in [0.2, 0.25) is 5.91 Å². The number of carbonyl (C=O) groups is 1. The number of rotatable bonds is 18. The standard InChI is InChI=1S/C28H43N3O2/c1-2-3-4-5-6-7-8-9-10-11-12-13-14-15-16-21-27(32)31-29-23-25-22-24-19-17-18-20-26(24)30-28(25)33/h17-20,22-23H,2-16,21H2,1H3,(H,30,33)(H,31,32). The summed E-state index contributed by atoms with van der Waals surface area (Å²) in [5.74, 6) is -0.0989. The van der Waals surface area contributed by atoms with Crippen LogP contribution in [0.1, 0.15) is 115 Å². The van der Waals surface area contributed by atoms with Gasteiger partial charge < -0.3 is 4.98 Å². The van der Waals surface area contributed by atoms with Crippen LogP contribution in [0.2, 0.25) is 0 Å². The minimum atomic E-state index is -0.214. The number of unbranched alkanes of at least 4 members (excludes halogenated alkanes) is 14. The summed E-state index contributed by atoms with van der Waals surface area (Å²) in [6.07, 6.45) is 21.5. The van der Waals surface area contributed by atoms with E-state index in [1.165, 1.54) is 89.7 Å². The van der Waals surface area contributed by atoms with Crippen LogP contribution in [0.5, 0.6) is 0 Å². The Balaban J connectivity index is 1.44. The van der Waals surface area contributed by atoms with Crippen molar-refractivity contribution in [1.82, 2.24) is 10.4 Å². The number of pyridine rings is 1. The van der Waals surface area contributed by atoms with Gasteiger partial charge in [0.1, 0.15) is 0 Å². The molecule has 0 aliphatic heterocycles. The molecule has 5 nitrogen and oxygen atoms in total. The summed E-state index contributed by atoms with van der Waals surface area (Å²) >= 11 is 0. The Bertz CT molecular complexity index is 888. The summed E-state index contributed by atoms with van der Waals surface area (Å²) in [7, 11) is 0. The molecule has 1 aromatic heterocycles. The Morgan fingerprint density at radius 1 is 0.848 bits per heavy atom. The van der Waals surface area contributed by atoms with Crippen molar-refractivity contribution < 1.29 is 4.79 Å². The fourth-order valence-electron chi connectivity index (χ4n) is 4.15. The number of nitrogens with one attached hydrogen (secondary N) is 2. The minimum absolute atomic E-state index is 0.0989. The third-order valence-electron chi connectivity index (χ3n) is 6.18. The molecular formula is C28H43N3O2. The van der Waals surface area contributed by atoms with Crippen molar-refractivity contribution in [3.63, 3.8) is 0 Å². The number of hydrazone groups is 1. The summed E-state index contributed by atoms with van der Waals surface area (Å²) < 4.78 is 0. The first kappa shape index (κ1) is 26.8. The van der Waals surface area contributed by atoms with Gasteiger partial charge in [-0.15, -0.1) is 0 Å². The maximum Gasteiger partial charge on any atom is 0.257 e. The van der Waals surface area contributed by atoms with Crippen LogP contribution in [0.15, 0.2) is 40.2 Å². The molecule has 182 valence electrons. The molecule has 2 N–H and O–H groups in total. The van der Waals surface area contributed by atoms with Crippen molar-refractivity contribution in [2.24, 2.45) is 5.10 Å². The lowest BCUT2D eigenvalue weighted by Gasteiger charge is -2.03. The molecule has 0 bridgehead atoms. The second kappa shape index (κ2) is 17.1. The average Bonchev–Trinajstić information content (AvgIpc) is 2.82. The Hall–Kier alpha value is -2.43. The lowest BCUT2D eigenvalue weighted by atomic mass is 10.0. The van der Waals surface area contributed by atoms with Crippen LogP contribution < -0.4 is 11.0 Å². The predicted octanol–water partition coefficient (Wildman–Crippen LogP) is 7.24. The Morgan fingerprint density at radius 2 is 1.39 bits per heavy atom. The van der Waals surface area contributed by atoms with E-state index in [0.717, 1.165) is 23.7 Å². The normalized spacial score (nSPS) is 11.4. The predicted molar refractivity (Wildman–Crippen MR) is 140 cm³/mol. The van der Waals surface area contributed by atoms with Crippen LogP contribution in [0, 0.1) is 0 Å². The summed E-state index contributed by atoms with van der Waals surface area (Å²) in [6.45, 7) is 2.27. The third-order valence-corrected chi connectivity index (χ3v) is 6.18. The molecule has 0 atom stereocenters. The van der Waals surface area contributed by atoms with Gasteiger partial charge in [-0.25, -0.2) is 5.43 Å². The summed E-state index contributed by atoms with van der Waals surface area (Å²) in [4.78, 5) is 26.9. The van der Waals surface area contributed by atoms with Crippen molar-refractivity contribution in [2.75, 3.05) is 0 Å². The van der Waals surface area contributed by atoms with Gasteiger partial charge in [-0.1, -0.05) is 115 Å². The van der Waals surface area contributed by atoms with Crippen LogP contribution in [0.4, 0.5) is 0 Å². The number of para-hydroxylation sites is 1. The van der Waals surface area contributed by atoms with Gasteiger partial charge in [0.15, 0.2) is 0 Å². The smallest absolute Gasteiger partial charge is 0.257 e. The zero-order chi connectivity index (χ0) is 23.6. The zero-order valence-electron chi connectivity index (χ0n) is 20.5. The number of hydrogen-bond donors (Lipinski definition) is 2. The van der Waals surface area contributed by atoms with E-state index in [1.54, 1.807) is 6.07 Å². The van der Waals surface area contributed by atoms with E-state index in [2.05, 4.69) is 22.4 Å². The molecule has 1 amide bonds. The molecule has 0 radical (unpaired) electrons. The van der Waals surface area contributed by atoms with Gasteiger partial charge in [0, 0.05) is 11.9 Å². The fourth-order valence-corrected chi connectivity index (χ4v) is 4.15. The number of amides is 1. The molecule has 2 rings (SSSR count).